The molecule has 14 heavy (non-hydrogen) atoms. The maximum absolute atomic E-state index is 13.0. The van der Waals surface area contributed by atoms with E-state index in [0.717, 1.165) is 6.07 Å². The highest BCUT2D eigenvalue weighted by Gasteiger charge is 2.08. The maximum Gasteiger partial charge on any atom is 0.321 e. The number of benzene rings is 1. The van der Waals surface area contributed by atoms with Gasteiger partial charge in [0, 0.05) is 20.2 Å². The van der Waals surface area contributed by atoms with Crippen LogP contribution < -0.4 is 5.32 Å². The van der Waals surface area contributed by atoms with E-state index in [1.165, 1.54) is 25.1 Å². The lowest BCUT2D eigenvalue weighted by Crippen LogP contribution is -2.27. The number of carbonyl (C=O) groups excluding carboxylic acids is 1. The fourth-order valence-electron chi connectivity index (χ4n) is 0.818. The molecule has 0 radical (unpaired) electrons. The Labute approximate surface area is 80.3 Å². The van der Waals surface area contributed by atoms with Crippen LogP contribution in [0, 0.1) is 11.6 Å². The van der Waals surface area contributed by atoms with Gasteiger partial charge in [-0.05, 0) is 12.1 Å². The van der Waals surface area contributed by atoms with Gasteiger partial charge in [-0.2, -0.15) is 0 Å². The number of hydrogen-bond donors (Lipinski definition) is 1. The molecule has 0 aliphatic heterocycles. The molecule has 0 aliphatic carbocycles. The fourth-order valence-corrected chi connectivity index (χ4v) is 0.818. The standard InChI is InChI=1S/C9H10F2N2O/c1-13(2)9(14)12-8-4-3-6(10)5-7(8)11/h3-5H,1-2H3,(H,12,14). The first kappa shape index (κ1) is 10.4. The van der Waals surface area contributed by atoms with E-state index in [9.17, 15) is 13.6 Å². The van der Waals surface area contributed by atoms with Crippen molar-refractivity contribution in [3.63, 3.8) is 0 Å². The lowest BCUT2D eigenvalue weighted by Gasteiger charge is -2.12. The van der Waals surface area contributed by atoms with E-state index in [4.69, 9.17) is 0 Å². The molecule has 1 N–H and O–H groups in total. The van der Waals surface area contributed by atoms with Crippen LogP contribution in [-0.2, 0) is 0 Å². The van der Waals surface area contributed by atoms with Crippen molar-refractivity contribution in [1.82, 2.24) is 4.90 Å². The molecule has 0 aliphatic rings. The van der Waals surface area contributed by atoms with Gasteiger partial charge in [0.25, 0.3) is 0 Å². The molecular weight excluding hydrogens is 190 g/mol. The summed E-state index contributed by atoms with van der Waals surface area (Å²) in [6.45, 7) is 0. The second-order valence-corrected chi connectivity index (χ2v) is 2.95. The Bertz CT molecular complexity index is 353. The van der Waals surface area contributed by atoms with E-state index in [1.54, 1.807) is 0 Å². The smallest absolute Gasteiger partial charge is 0.321 e. The Morgan fingerprint density at radius 1 is 1.36 bits per heavy atom. The van der Waals surface area contributed by atoms with Crippen molar-refractivity contribution in [1.29, 1.82) is 0 Å². The summed E-state index contributed by atoms with van der Waals surface area (Å²) in [5, 5.41) is 2.28. The number of carbonyl (C=O) groups is 1. The van der Waals surface area contributed by atoms with E-state index < -0.39 is 17.7 Å². The first-order chi connectivity index (χ1) is 6.50. The molecule has 0 saturated carbocycles. The Morgan fingerprint density at radius 3 is 2.50 bits per heavy atom. The zero-order valence-electron chi connectivity index (χ0n) is 7.84. The molecule has 1 rings (SSSR count). The van der Waals surface area contributed by atoms with Crippen LogP contribution in [0.1, 0.15) is 0 Å². The van der Waals surface area contributed by atoms with Gasteiger partial charge >= 0.3 is 6.03 Å². The molecule has 0 heterocycles. The van der Waals surface area contributed by atoms with Gasteiger partial charge in [-0.25, -0.2) is 13.6 Å². The lowest BCUT2D eigenvalue weighted by atomic mass is 10.3. The predicted octanol–water partition coefficient (Wildman–Crippen LogP) is 2.06. The minimum atomic E-state index is -0.791. The molecule has 0 fully saturated rings. The molecule has 0 atom stereocenters. The van der Waals surface area contributed by atoms with Crippen LogP contribution in [-0.4, -0.2) is 25.0 Å². The number of halogens is 2. The third kappa shape index (κ3) is 2.42. The molecule has 76 valence electrons. The van der Waals surface area contributed by atoms with Gasteiger partial charge in [0.05, 0.1) is 5.69 Å². The minimum Gasteiger partial charge on any atom is -0.331 e. The number of nitrogens with zero attached hydrogens (tertiary/aromatic N) is 1. The van der Waals surface area contributed by atoms with E-state index in [0.29, 0.717) is 6.07 Å². The largest absolute Gasteiger partial charge is 0.331 e. The summed E-state index contributed by atoms with van der Waals surface area (Å²) in [6, 6.07) is 2.50. The van der Waals surface area contributed by atoms with Gasteiger partial charge < -0.3 is 10.2 Å². The zero-order chi connectivity index (χ0) is 10.7. The van der Waals surface area contributed by atoms with Crippen LogP contribution >= 0.6 is 0 Å². The monoisotopic (exact) mass is 200 g/mol. The summed E-state index contributed by atoms with van der Waals surface area (Å²) < 4.78 is 25.5. The Kier molecular flexibility index (Phi) is 3.01. The second kappa shape index (κ2) is 4.04. The van der Waals surface area contributed by atoms with Crippen LogP contribution in [0.4, 0.5) is 19.3 Å². The van der Waals surface area contributed by atoms with Gasteiger partial charge in [-0.1, -0.05) is 0 Å². The summed E-state index contributed by atoms with van der Waals surface area (Å²) in [6.07, 6.45) is 0. The van der Waals surface area contributed by atoms with Crippen molar-refractivity contribution in [2.45, 2.75) is 0 Å². The third-order valence-corrected chi connectivity index (χ3v) is 1.58. The molecule has 0 unspecified atom stereocenters. The SMILES string of the molecule is CN(C)C(=O)Nc1ccc(F)cc1F. The summed E-state index contributed by atoms with van der Waals surface area (Å²) in [5.74, 6) is -1.47. The number of urea groups is 1. The zero-order valence-corrected chi connectivity index (χ0v) is 7.84. The van der Waals surface area contributed by atoms with E-state index in [-0.39, 0.29) is 5.69 Å². The molecule has 1 aromatic carbocycles. The van der Waals surface area contributed by atoms with Crippen LogP contribution in [0.5, 0.6) is 0 Å². The number of amides is 2. The molecule has 0 bridgehead atoms. The summed E-state index contributed by atoms with van der Waals surface area (Å²) >= 11 is 0. The number of anilines is 1. The predicted molar refractivity (Wildman–Crippen MR) is 49.1 cm³/mol. The Hall–Kier alpha value is -1.65. The van der Waals surface area contributed by atoms with Crippen LogP contribution in [0.25, 0.3) is 0 Å². The average Bonchev–Trinajstić information content (AvgIpc) is 2.09. The van der Waals surface area contributed by atoms with Crippen molar-refractivity contribution >= 4 is 11.7 Å². The van der Waals surface area contributed by atoms with Gasteiger partial charge in [0.2, 0.25) is 0 Å². The first-order valence-electron chi connectivity index (χ1n) is 3.94. The van der Waals surface area contributed by atoms with Crippen LogP contribution in [0.15, 0.2) is 18.2 Å². The second-order valence-electron chi connectivity index (χ2n) is 2.95. The highest BCUT2D eigenvalue weighted by atomic mass is 19.1. The van der Waals surface area contributed by atoms with Crippen molar-refractivity contribution in [2.75, 3.05) is 19.4 Å². The number of rotatable bonds is 1. The molecule has 0 saturated heterocycles. The van der Waals surface area contributed by atoms with Gasteiger partial charge in [-0.15, -0.1) is 0 Å². The average molecular weight is 200 g/mol. The van der Waals surface area contributed by atoms with Gasteiger partial charge in [-0.3, -0.25) is 0 Å². The lowest BCUT2D eigenvalue weighted by molar-refractivity contribution is 0.230. The minimum absolute atomic E-state index is 0.0369. The summed E-state index contributed by atoms with van der Waals surface area (Å²) in [4.78, 5) is 12.4. The van der Waals surface area contributed by atoms with Crippen LogP contribution in [0.2, 0.25) is 0 Å². The van der Waals surface area contributed by atoms with Crippen molar-refractivity contribution in [3.05, 3.63) is 29.8 Å². The summed E-state index contributed by atoms with van der Waals surface area (Å²) in [5.41, 5.74) is -0.0369. The maximum atomic E-state index is 13.0. The molecular formula is C9H10F2N2O. The molecule has 0 spiro atoms. The Morgan fingerprint density at radius 2 is 2.00 bits per heavy atom. The van der Waals surface area contributed by atoms with E-state index in [1.807, 2.05) is 0 Å². The highest BCUT2D eigenvalue weighted by Crippen LogP contribution is 2.14. The van der Waals surface area contributed by atoms with Crippen molar-refractivity contribution in [2.24, 2.45) is 0 Å². The molecule has 5 heteroatoms. The molecule has 2 amide bonds. The topological polar surface area (TPSA) is 32.3 Å². The summed E-state index contributed by atoms with van der Waals surface area (Å²) in [7, 11) is 3.05. The van der Waals surface area contributed by atoms with Crippen molar-refractivity contribution in [3.8, 4) is 0 Å². The third-order valence-electron chi connectivity index (χ3n) is 1.58. The molecule has 1 aromatic rings. The van der Waals surface area contributed by atoms with Gasteiger partial charge in [0.15, 0.2) is 0 Å². The number of nitrogens with one attached hydrogen (secondary N) is 1. The van der Waals surface area contributed by atoms with Crippen molar-refractivity contribution < 1.29 is 13.6 Å². The normalized spacial score (nSPS) is 9.71. The van der Waals surface area contributed by atoms with E-state index in [2.05, 4.69) is 5.32 Å². The first-order valence-corrected chi connectivity index (χ1v) is 3.94. The van der Waals surface area contributed by atoms with Crippen LogP contribution in [0.3, 0.4) is 0 Å². The van der Waals surface area contributed by atoms with E-state index >= 15 is 0 Å². The molecule has 3 nitrogen and oxygen atoms in total. The fraction of sp³-hybridized carbons (Fsp3) is 0.222. The Balaban J connectivity index is 2.82. The highest BCUT2D eigenvalue weighted by molar-refractivity contribution is 5.88. The quantitative estimate of drug-likeness (QED) is 0.739. The number of hydrogen-bond acceptors (Lipinski definition) is 1. The van der Waals surface area contributed by atoms with Gasteiger partial charge in [0.1, 0.15) is 11.6 Å². The molecule has 0 aromatic heterocycles.